The summed E-state index contributed by atoms with van der Waals surface area (Å²) in [6, 6.07) is 8.18. The maximum atomic E-state index is 13.5. The van der Waals surface area contributed by atoms with Gasteiger partial charge in [-0.05, 0) is 30.7 Å². The first kappa shape index (κ1) is 22.9. The van der Waals surface area contributed by atoms with E-state index in [0.29, 0.717) is 50.5 Å². The van der Waals surface area contributed by atoms with E-state index in [4.69, 9.17) is 10.00 Å². The van der Waals surface area contributed by atoms with Crippen LogP contribution >= 0.6 is 0 Å². The molecule has 1 N–H and O–H groups in total. The molecule has 2 aliphatic rings. The summed E-state index contributed by atoms with van der Waals surface area (Å²) in [4.78, 5) is 30.6. The van der Waals surface area contributed by atoms with E-state index >= 15 is 0 Å². The summed E-state index contributed by atoms with van der Waals surface area (Å²) in [5.74, 6) is -0.273. The third-order valence-electron chi connectivity index (χ3n) is 6.67. The van der Waals surface area contributed by atoms with Crippen molar-refractivity contribution in [3.05, 3.63) is 63.6 Å². The second-order valence-corrected chi connectivity index (χ2v) is 8.66. The Morgan fingerprint density at radius 2 is 2.09 bits per heavy atom. The Labute approximate surface area is 188 Å². The molecule has 0 bridgehead atoms. The molecule has 2 aliphatic heterocycles. The molecule has 0 radical (unpaired) electrons. The van der Waals surface area contributed by atoms with Gasteiger partial charge in [0.2, 0.25) is 5.56 Å². The Kier molecular flexibility index (Phi) is 5.93. The van der Waals surface area contributed by atoms with Crippen LogP contribution in [0.4, 0.5) is 18.9 Å². The predicted octanol–water partition coefficient (Wildman–Crippen LogP) is 2.88. The lowest BCUT2D eigenvalue weighted by atomic mass is 9.73. The van der Waals surface area contributed by atoms with Crippen LogP contribution in [-0.2, 0) is 10.9 Å². The summed E-state index contributed by atoms with van der Waals surface area (Å²) in [6.07, 6.45) is -2.58. The molecule has 2 fully saturated rings. The molecule has 2 aromatic rings. The number of nitrogens with zero attached hydrogens (tertiary/aromatic N) is 3. The van der Waals surface area contributed by atoms with Crippen molar-refractivity contribution in [3.8, 4) is 6.07 Å². The van der Waals surface area contributed by atoms with Gasteiger partial charge in [0.25, 0.3) is 5.91 Å². The molecule has 2 saturated heterocycles. The first-order valence-corrected chi connectivity index (χ1v) is 10.5. The Morgan fingerprint density at radius 1 is 1.30 bits per heavy atom. The van der Waals surface area contributed by atoms with Gasteiger partial charge in [0.1, 0.15) is 0 Å². The highest BCUT2D eigenvalue weighted by atomic mass is 19.4. The second-order valence-electron chi connectivity index (χ2n) is 8.66. The van der Waals surface area contributed by atoms with E-state index in [1.165, 1.54) is 24.4 Å². The van der Waals surface area contributed by atoms with Crippen LogP contribution in [0.25, 0.3) is 0 Å². The summed E-state index contributed by atoms with van der Waals surface area (Å²) in [6.45, 7) is 2.23. The number of carbonyl (C=O) groups excluding carboxylic acids is 1. The predicted molar refractivity (Wildman–Crippen MR) is 114 cm³/mol. The lowest BCUT2D eigenvalue weighted by Gasteiger charge is -2.43. The highest BCUT2D eigenvalue weighted by molar-refractivity contribution is 5.94. The molecular weight excluding hydrogens is 437 g/mol. The molecule has 1 aromatic carbocycles. The number of alkyl halides is 3. The molecule has 1 aromatic heterocycles. The minimum absolute atomic E-state index is 0.0258. The summed E-state index contributed by atoms with van der Waals surface area (Å²) in [5, 5.41) is 9.07. The summed E-state index contributed by atoms with van der Waals surface area (Å²) >= 11 is 0. The van der Waals surface area contributed by atoms with E-state index < -0.39 is 17.3 Å². The Balaban J connectivity index is 1.60. The number of piperidine rings is 1. The number of rotatable bonds is 4. The zero-order valence-corrected chi connectivity index (χ0v) is 18.0. The zero-order valence-electron chi connectivity index (χ0n) is 18.0. The Bertz CT molecular complexity index is 1160. The Hall–Kier alpha value is -3.32. The van der Waals surface area contributed by atoms with Gasteiger partial charge in [0.15, 0.2) is 0 Å². The summed E-state index contributed by atoms with van der Waals surface area (Å²) in [5.41, 5.74) is -1.35. The quantitative estimate of drug-likeness (QED) is 0.758. The number of fused-ring (bicyclic) bond motifs is 1. The number of pyridine rings is 1. The van der Waals surface area contributed by atoms with Gasteiger partial charge in [-0.15, -0.1) is 0 Å². The average Bonchev–Trinajstić information content (AvgIpc) is 3.16. The standard InChI is InChI=1S/C23H23F3N4O3/c1-33-14-22-5-7-29(21(32)15-4-6-28-20(31)8-15)11-17(22)12-30(13-22)18-3-2-16(10-27)19(9-18)23(24,25)26/h2-4,6,8-9,17H,5,7,11-14H2,1H3,(H,28,31)/t17-,22+/m1/s1. The number of nitrogens with one attached hydrogen (secondary N) is 1. The van der Waals surface area contributed by atoms with Crippen molar-refractivity contribution >= 4 is 11.6 Å². The number of hydrogen-bond acceptors (Lipinski definition) is 5. The van der Waals surface area contributed by atoms with E-state index in [1.54, 1.807) is 24.1 Å². The molecule has 0 spiro atoms. The van der Waals surface area contributed by atoms with Crippen LogP contribution in [0.1, 0.15) is 27.9 Å². The van der Waals surface area contributed by atoms with Crippen molar-refractivity contribution in [2.75, 3.05) is 44.8 Å². The minimum atomic E-state index is -4.63. The van der Waals surface area contributed by atoms with Crippen LogP contribution in [-0.4, -0.2) is 55.7 Å². The van der Waals surface area contributed by atoms with Crippen molar-refractivity contribution in [3.63, 3.8) is 0 Å². The number of H-pyrrole nitrogens is 1. The van der Waals surface area contributed by atoms with Gasteiger partial charge in [-0.3, -0.25) is 9.59 Å². The van der Waals surface area contributed by atoms with Crippen LogP contribution in [0.2, 0.25) is 0 Å². The van der Waals surface area contributed by atoms with E-state index in [-0.39, 0.29) is 22.8 Å². The molecule has 0 unspecified atom stereocenters. The van der Waals surface area contributed by atoms with Gasteiger partial charge >= 0.3 is 6.18 Å². The number of nitriles is 1. The first-order valence-electron chi connectivity index (χ1n) is 10.5. The van der Waals surface area contributed by atoms with Gasteiger partial charge in [-0.1, -0.05) is 0 Å². The lowest BCUT2D eigenvalue weighted by Crippen LogP contribution is -2.51. The molecule has 4 rings (SSSR count). The van der Waals surface area contributed by atoms with Crippen LogP contribution in [0.5, 0.6) is 0 Å². The number of aromatic amines is 1. The number of anilines is 1. The monoisotopic (exact) mass is 460 g/mol. The van der Waals surface area contributed by atoms with Gasteiger partial charge in [0.05, 0.1) is 23.8 Å². The van der Waals surface area contributed by atoms with E-state index in [1.807, 2.05) is 4.90 Å². The van der Waals surface area contributed by atoms with E-state index in [9.17, 15) is 22.8 Å². The molecule has 174 valence electrons. The number of amides is 1. The van der Waals surface area contributed by atoms with Crippen LogP contribution in [0, 0.1) is 22.7 Å². The summed E-state index contributed by atoms with van der Waals surface area (Å²) < 4.78 is 45.9. The maximum absolute atomic E-state index is 13.5. The van der Waals surface area contributed by atoms with Gasteiger partial charge < -0.3 is 19.5 Å². The molecule has 1 amide bonds. The molecular formula is C23H23F3N4O3. The third kappa shape index (κ3) is 4.33. The summed E-state index contributed by atoms with van der Waals surface area (Å²) in [7, 11) is 1.59. The zero-order chi connectivity index (χ0) is 23.8. The highest BCUT2D eigenvalue weighted by Crippen LogP contribution is 2.45. The number of likely N-dealkylation sites (tertiary alicyclic amines) is 1. The van der Waals surface area contributed by atoms with E-state index in [0.717, 1.165) is 6.07 Å². The number of aromatic nitrogens is 1. The lowest BCUT2D eigenvalue weighted by molar-refractivity contribution is -0.137. The fourth-order valence-corrected chi connectivity index (χ4v) is 5.01. The largest absolute Gasteiger partial charge is 0.417 e. The van der Waals surface area contributed by atoms with Crippen LogP contribution < -0.4 is 10.5 Å². The highest BCUT2D eigenvalue weighted by Gasteiger charge is 2.50. The molecule has 2 atom stereocenters. The number of ether oxygens (including phenoxy) is 1. The van der Waals surface area contributed by atoms with Crippen molar-refractivity contribution in [1.82, 2.24) is 9.88 Å². The molecule has 3 heterocycles. The number of halogens is 3. The van der Waals surface area contributed by atoms with Crippen LogP contribution in [0.3, 0.4) is 0 Å². The molecule has 0 saturated carbocycles. The van der Waals surface area contributed by atoms with E-state index in [2.05, 4.69) is 4.98 Å². The smallest absolute Gasteiger partial charge is 0.384 e. The fourth-order valence-electron chi connectivity index (χ4n) is 5.01. The maximum Gasteiger partial charge on any atom is 0.417 e. The number of carbonyl (C=O) groups is 1. The number of hydrogen-bond donors (Lipinski definition) is 1. The van der Waals surface area contributed by atoms with Crippen molar-refractivity contribution in [2.24, 2.45) is 11.3 Å². The molecule has 33 heavy (non-hydrogen) atoms. The van der Waals surface area contributed by atoms with Crippen molar-refractivity contribution < 1.29 is 22.7 Å². The number of methoxy groups -OCH3 is 1. The topological polar surface area (TPSA) is 89.4 Å². The van der Waals surface area contributed by atoms with Gasteiger partial charge in [0, 0.05) is 68.1 Å². The molecule has 10 heteroatoms. The average molecular weight is 460 g/mol. The SMILES string of the molecule is COC[C@@]12CCN(C(=O)c3cc[nH]c(=O)c3)C[C@@H]1CN(c1ccc(C#N)c(C(F)(F)F)c1)C2. The number of benzene rings is 1. The second kappa shape index (κ2) is 8.56. The third-order valence-corrected chi connectivity index (χ3v) is 6.67. The Morgan fingerprint density at radius 3 is 2.76 bits per heavy atom. The van der Waals surface area contributed by atoms with Crippen LogP contribution in [0.15, 0.2) is 41.3 Å². The van der Waals surface area contributed by atoms with Gasteiger partial charge in [-0.2, -0.15) is 18.4 Å². The molecule has 0 aliphatic carbocycles. The van der Waals surface area contributed by atoms with Gasteiger partial charge in [-0.25, -0.2) is 0 Å². The minimum Gasteiger partial charge on any atom is -0.384 e. The normalized spacial score (nSPS) is 22.7. The fraction of sp³-hybridized carbons (Fsp3) is 0.435. The molecule has 7 nitrogen and oxygen atoms in total. The van der Waals surface area contributed by atoms with Crippen molar-refractivity contribution in [1.29, 1.82) is 5.26 Å². The van der Waals surface area contributed by atoms with Crippen molar-refractivity contribution in [2.45, 2.75) is 12.6 Å². The first-order chi connectivity index (χ1) is 15.7.